The molecule has 1 heterocycles. The lowest BCUT2D eigenvalue weighted by Crippen LogP contribution is -2.36. The Morgan fingerprint density at radius 3 is 2.43 bits per heavy atom. The van der Waals surface area contributed by atoms with E-state index in [0.717, 1.165) is 16.8 Å². The van der Waals surface area contributed by atoms with Gasteiger partial charge in [0.2, 0.25) is 0 Å². The smallest absolute Gasteiger partial charge is 0.336 e. The van der Waals surface area contributed by atoms with E-state index < -0.39 is 17.7 Å². The van der Waals surface area contributed by atoms with E-state index in [-0.39, 0.29) is 30.3 Å². The van der Waals surface area contributed by atoms with E-state index in [4.69, 9.17) is 16.3 Å². The monoisotopic (exact) mass is 515 g/mol. The Balaban J connectivity index is 1.47. The first-order chi connectivity index (χ1) is 17.9. The zero-order chi connectivity index (χ0) is 25.9. The van der Waals surface area contributed by atoms with Crippen LogP contribution in [-0.2, 0) is 20.7 Å². The molecule has 0 saturated heterocycles. The van der Waals surface area contributed by atoms with Gasteiger partial charge >= 0.3 is 5.97 Å². The number of ketones is 1. The Morgan fingerprint density at radius 1 is 1.00 bits per heavy atom. The van der Waals surface area contributed by atoms with Crippen molar-refractivity contribution in [3.63, 3.8) is 0 Å². The number of halogens is 2. The minimum atomic E-state index is -0.833. The number of ether oxygens (including phenoxy) is 1. The van der Waals surface area contributed by atoms with Crippen molar-refractivity contribution in [3.8, 4) is 0 Å². The van der Waals surface area contributed by atoms with E-state index in [9.17, 15) is 9.59 Å². The Bertz CT molecular complexity index is 1400. The Morgan fingerprint density at radius 2 is 1.70 bits per heavy atom. The van der Waals surface area contributed by atoms with Crippen molar-refractivity contribution in [1.29, 1.82) is 0 Å². The second-order valence-electron chi connectivity index (χ2n) is 9.46. The van der Waals surface area contributed by atoms with Gasteiger partial charge in [-0.2, -0.15) is 0 Å². The van der Waals surface area contributed by atoms with Crippen LogP contribution >= 0.6 is 11.6 Å². The summed E-state index contributed by atoms with van der Waals surface area (Å²) in [4.78, 5) is 27.0. The summed E-state index contributed by atoms with van der Waals surface area (Å²) in [5.74, 6) is -1.99. The van der Waals surface area contributed by atoms with Crippen LogP contribution in [0.1, 0.15) is 48.3 Å². The third-order valence-electron chi connectivity index (χ3n) is 7.07. The van der Waals surface area contributed by atoms with E-state index in [2.05, 4.69) is 5.32 Å². The van der Waals surface area contributed by atoms with Crippen LogP contribution in [0.2, 0.25) is 5.02 Å². The lowest BCUT2D eigenvalue weighted by Gasteiger charge is -2.36. The second kappa shape index (κ2) is 10.7. The summed E-state index contributed by atoms with van der Waals surface area (Å²) < 4.78 is 20.8. The lowest BCUT2D eigenvalue weighted by molar-refractivity contribution is -0.139. The summed E-state index contributed by atoms with van der Waals surface area (Å²) in [5, 5.41) is 3.94. The first-order valence-corrected chi connectivity index (χ1v) is 12.7. The van der Waals surface area contributed by atoms with Crippen molar-refractivity contribution in [3.05, 3.63) is 129 Å². The molecule has 0 spiro atoms. The number of esters is 1. The molecular weight excluding hydrogens is 489 g/mol. The van der Waals surface area contributed by atoms with Crippen molar-refractivity contribution in [1.82, 2.24) is 5.32 Å². The van der Waals surface area contributed by atoms with Crippen LogP contribution in [0.25, 0.3) is 0 Å². The fourth-order valence-electron chi connectivity index (χ4n) is 5.28. The number of allylic oxidation sites excluding steroid dienone is 3. The van der Waals surface area contributed by atoms with Crippen molar-refractivity contribution < 1.29 is 18.7 Å². The SMILES string of the molecule is CC1=C(C(=O)OCCc2ccccc2)[C@@H](c2ccccc2F)C2=C(C[C@@H](c3ccc(Cl)cc3)CC2=O)N1. The zero-order valence-electron chi connectivity index (χ0n) is 20.5. The minimum absolute atomic E-state index is 0.0375. The first kappa shape index (κ1) is 25.0. The molecule has 188 valence electrons. The van der Waals surface area contributed by atoms with Gasteiger partial charge < -0.3 is 10.1 Å². The van der Waals surface area contributed by atoms with Crippen LogP contribution < -0.4 is 5.32 Å². The molecule has 1 N–H and O–H groups in total. The highest BCUT2D eigenvalue weighted by atomic mass is 35.5. The molecule has 0 saturated carbocycles. The van der Waals surface area contributed by atoms with E-state index in [1.54, 1.807) is 25.1 Å². The minimum Gasteiger partial charge on any atom is -0.462 e. The molecule has 0 radical (unpaired) electrons. The van der Waals surface area contributed by atoms with Crippen molar-refractivity contribution in [2.45, 2.75) is 38.0 Å². The first-order valence-electron chi connectivity index (χ1n) is 12.4. The number of benzene rings is 3. The molecule has 6 heteroatoms. The highest BCUT2D eigenvalue weighted by Crippen LogP contribution is 2.46. The maximum Gasteiger partial charge on any atom is 0.336 e. The average molecular weight is 516 g/mol. The molecular formula is C31H27ClFNO3. The number of rotatable bonds is 6. The van der Waals surface area contributed by atoms with Gasteiger partial charge in [0, 0.05) is 40.4 Å². The van der Waals surface area contributed by atoms with Gasteiger partial charge in [-0.1, -0.05) is 72.3 Å². The molecule has 0 unspecified atom stereocenters. The number of carbonyl (C=O) groups excluding carboxylic acids is 2. The van der Waals surface area contributed by atoms with Crippen molar-refractivity contribution in [2.75, 3.05) is 6.61 Å². The summed E-state index contributed by atoms with van der Waals surface area (Å²) in [6.45, 7) is 1.96. The predicted molar refractivity (Wildman–Crippen MR) is 142 cm³/mol. The number of Topliss-reactive ketones (excluding diaryl/α,β-unsaturated/α-hetero) is 1. The molecule has 3 aromatic rings. The van der Waals surface area contributed by atoms with Gasteiger partial charge in [0.25, 0.3) is 0 Å². The lowest BCUT2D eigenvalue weighted by atomic mass is 9.71. The Kier molecular flexibility index (Phi) is 7.24. The van der Waals surface area contributed by atoms with Crippen LogP contribution in [0.15, 0.2) is 101 Å². The summed E-state index contributed by atoms with van der Waals surface area (Å²) in [7, 11) is 0. The van der Waals surface area contributed by atoms with Gasteiger partial charge in [-0.25, -0.2) is 9.18 Å². The molecule has 37 heavy (non-hydrogen) atoms. The Labute approximate surface area is 220 Å². The predicted octanol–water partition coefficient (Wildman–Crippen LogP) is 6.63. The number of hydrogen-bond acceptors (Lipinski definition) is 4. The topological polar surface area (TPSA) is 55.4 Å². The van der Waals surface area contributed by atoms with Crippen LogP contribution in [0, 0.1) is 5.82 Å². The number of nitrogens with one attached hydrogen (secondary N) is 1. The van der Waals surface area contributed by atoms with Gasteiger partial charge in [0.15, 0.2) is 5.78 Å². The molecule has 1 aliphatic heterocycles. The van der Waals surface area contributed by atoms with Crippen LogP contribution in [-0.4, -0.2) is 18.4 Å². The standard InChI is InChI=1S/C31H27ClFNO3/c1-19-28(31(36)37-16-15-20-7-3-2-4-8-20)29(24-9-5-6-10-25(24)33)30-26(34-19)17-22(18-27(30)35)21-11-13-23(32)14-12-21/h2-14,22,29,34H,15-18H2,1H3/t22-,29-/m1/s1. The van der Waals surface area contributed by atoms with Gasteiger partial charge in [-0.15, -0.1) is 0 Å². The van der Waals surface area contributed by atoms with Gasteiger partial charge in [0.1, 0.15) is 5.82 Å². The number of dihydropyridines is 1. The third kappa shape index (κ3) is 5.23. The van der Waals surface area contributed by atoms with Gasteiger partial charge in [-0.05, 0) is 48.6 Å². The summed E-state index contributed by atoms with van der Waals surface area (Å²) in [6.07, 6.45) is 1.40. The zero-order valence-corrected chi connectivity index (χ0v) is 21.2. The highest BCUT2D eigenvalue weighted by Gasteiger charge is 2.42. The second-order valence-corrected chi connectivity index (χ2v) is 9.90. The maximum absolute atomic E-state index is 15.1. The molecule has 5 rings (SSSR count). The molecule has 1 aliphatic carbocycles. The molecule has 0 amide bonds. The largest absolute Gasteiger partial charge is 0.462 e. The van der Waals surface area contributed by atoms with Gasteiger partial charge in [0.05, 0.1) is 18.1 Å². The fourth-order valence-corrected chi connectivity index (χ4v) is 5.41. The molecule has 4 nitrogen and oxygen atoms in total. The normalized spacial score (nSPS) is 19.4. The van der Waals surface area contributed by atoms with E-state index in [1.807, 2.05) is 54.6 Å². The summed E-state index contributed by atoms with van der Waals surface area (Å²) in [5.41, 5.74) is 4.37. The van der Waals surface area contributed by atoms with E-state index >= 15 is 4.39 Å². The van der Waals surface area contributed by atoms with Crippen LogP contribution in [0.4, 0.5) is 4.39 Å². The van der Waals surface area contributed by atoms with Gasteiger partial charge in [-0.3, -0.25) is 4.79 Å². The average Bonchev–Trinajstić information content (AvgIpc) is 2.89. The molecule has 0 fully saturated rings. The maximum atomic E-state index is 15.1. The summed E-state index contributed by atoms with van der Waals surface area (Å²) >= 11 is 6.05. The van der Waals surface area contributed by atoms with E-state index in [1.165, 1.54) is 6.07 Å². The third-order valence-corrected chi connectivity index (χ3v) is 7.32. The molecule has 2 aliphatic rings. The summed E-state index contributed by atoms with van der Waals surface area (Å²) in [6, 6.07) is 23.5. The van der Waals surface area contributed by atoms with Crippen LogP contribution in [0.3, 0.4) is 0 Å². The van der Waals surface area contributed by atoms with Crippen molar-refractivity contribution >= 4 is 23.4 Å². The molecule has 3 aromatic carbocycles. The fraction of sp³-hybridized carbons (Fsp3) is 0.226. The molecule has 0 aromatic heterocycles. The number of hydrogen-bond donors (Lipinski definition) is 1. The highest BCUT2D eigenvalue weighted by molar-refractivity contribution is 6.30. The number of carbonyl (C=O) groups is 2. The van der Waals surface area contributed by atoms with Crippen molar-refractivity contribution in [2.24, 2.45) is 0 Å². The molecule has 0 bridgehead atoms. The Hall–Kier alpha value is -3.70. The molecule has 2 atom stereocenters. The van der Waals surface area contributed by atoms with E-state index in [0.29, 0.717) is 34.7 Å². The quantitative estimate of drug-likeness (QED) is 0.374. The van der Waals surface area contributed by atoms with Crippen LogP contribution in [0.5, 0.6) is 0 Å².